The number of nitrogens with zero attached hydrogens (tertiary/aromatic N) is 5. The van der Waals surface area contributed by atoms with Crippen LogP contribution in [0, 0.1) is 6.92 Å². The van der Waals surface area contributed by atoms with Crippen LogP contribution in [0.1, 0.15) is 31.2 Å². The molecule has 2 aliphatic heterocycles. The van der Waals surface area contributed by atoms with E-state index in [1.54, 1.807) is 0 Å². The molecular formula is C20H36N6O2. The van der Waals surface area contributed by atoms with Crippen LogP contribution < -0.4 is 5.32 Å². The largest absolute Gasteiger partial charge is 0.361 e. The Hall–Kier alpha value is -1.64. The summed E-state index contributed by atoms with van der Waals surface area (Å²) >= 11 is 0. The summed E-state index contributed by atoms with van der Waals surface area (Å²) in [6, 6.07) is 2.05. The fourth-order valence-corrected chi connectivity index (χ4v) is 3.93. The Labute approximate surface area is 168 Å². The second kappa shape index (κ2) is 10.8. The van der Waals surface area contributed by atoms with E-state index in [0.717, 1.165) is 76.7 Å². The SMILES string of the molecule is CCN1CCN(CCCCNC(=O)N2CCN(Cc3cc(C)on3)CC2)CC1. The molecule has 2 saturated heterocycles. The van der Waals surface area contributed by atoms with Crippen LogP contribution in [0.2, 0.25) is 0 Å². The fraction of sp³-hybridized carbons (Fsp3) is 0.800. The lowest BCUT2D eigenvalue weighted by Gasteiger charge is -2.34. The second-order valence-electron chi connectivity index (χ2n) is 7.91. The number of aryl methyl sites for hydroxylation is 1. The average Bonchev–Trinajstić information content (AvgIpc) is 3.13. The summed E-state index contributed by atoms with van der Waals surface area (Å²) in [5.41, 5.74) is 0.964. The number of amides is 2. The van der Waals surface area contributed by atoms with Crippen molar-refractivity contribution in [1.29, 1.82) is 0 Å². The van der Waals surface area contributed by atoms with Crippen LogP contribution in [-0.4, -0.2) is 103 Å². The van der Waals surface area contributed by atoms with E-state index >= 15 is 0 Å². The molecule has 0 unspecified atom stereocenters. The molecule has 1 aromatic rings. The third-order valence-corrected chi connectivity index (χ3v) is 5.81. The number of urea groups is 1. The number of hydrogen-bond acceptors (Lipinski definition) is 6. The Bertz CT molecular complexity index is 591. The van der Waals surface area contributed by atoms with E-state index in [1.807, 2.05) is 17.9 Å². The predicted octanol–water partition coefficient (Wildman–Crippen LogP) is 1.23. The van der Waals surface area contributed by atoms with Gasteiger partial charge in [0.2, 0.25) is 0 Å². The monoisotopic (exact) mass is 392 g/mol. The van der Waals surface area contributed by atoms with Crippen molar-refractivity contribution < 1.29 is 9.32 Å². The quantitative estimate of drug-likeness (QED) is 0.671. The molecule has 28 heavy (non-hydrogen) atoms. The zero-order valence-corrected chi connectivity index (χ0v) is 17.5. The minimum Gasteiger partial charge on any atom is -0.361 e. The van der Waals surface area contributed by atoms with Crippen molar-refractivity contribution in [2.75, 3.05) is 72.0 Å². The molecule has 8 heteroatoms. The first-order valence-corrected chi connectivity index (χ1v) is 10.8. The van der Waals surface area contributed by atoms with E-state index in [4.69, 9.17) is 4.52 Å². The summed E-state index contributed by atoms with van der Waals surface area (Å²) in [7, 11) is 0. The van der Waals surface area contributed by atoms with Gasteiger partial charge >= 0.3 is 6.03 Å². The highest BCUT2D eigenvalue weighted by Gasteiger charge is 2.21. The van der Waals surface area contributed by atoms with Gasteiger partial charge in [-0.15, -0.1) is 0 Å². The molecule has 0 saturated carbocycles. The summed E-state index contributed by atoms with van der Waals surface area (Å²) in [6.07, 6.45) is 2.20. The summed E-state index contributed by atoms with van der Waals surface area (Å²) in [6.45, 7) is 16.0. The molecule has 3 rings (SSSR count). The Morgan fingerprint density at radius 1 is 1.04 bits per heavy atom. The number of rotatable bonds is 8. The van der Waals surface area contributed by atoms with E-state index in [1.165, 1.54) is 26.2 Å². The lowest BCUT2D eigenvalue weighted by Crippen LogP contribution is -2.51. The number of piperazine rings is 2. The molecule has 2 fully saturated rings. The van der Waals surface area contributed by atoms with Crippen LogP contribution >= 0.6 is 0 Å². The molecule has 158 valence electrons. The first-order valence-electron chi connectivity index (χ1n) is 10.8. The predicted molar refractivity (Wildman–Crippen MR) is 109 cm³/mol. The van der Waals surface area contributed by atoms with Crippen LogP contribution in [0.25, 0.3) is 0 Å². The van der Waals surface area contributed by atoms with Crippen LogP contribution in [0.3, 0.4) is 0 Å². The van der Waals surface area contributed by atoms with Gasteiger partial charge in [-0.3, -0.25) is 4.90 Å². The number of nitrogens with one attached hydrogen (secondary N) is 1. The first kappa shape index (κ1) is 21.1. The Balaban J connectivity index is 1.23. The van der Waals surface area contributed by atoms with Crippen molar-refractivity contribution in [3.63, 3.8) is 0 Å². The minimum absolute atomic E-state index is 0.0773. The number of hydrogen-bond donors (Lipinski definition) is 1. The van der Waals surface area contributed by atoms with Crippen molar-refractivity contribution >= 4 is 6.03 Å². The third kappa shape index (κ3) is 6.46. The van der Waals surface area contributed by atoms with Gasteiger partial charge in [0.25, 0.3) is 0 Å². The maximum absolute atomic E-state index is 12.4. The highest BCUT2D eigenvalue weighted by atomic mass is 16.5. The molecule has 2 amide bonds. The molecule has 2 aliphatic rings. The molecule has 1 N–H and O–H groups in total. The van der Waals surface area contributed by atoms with Gasteiger partial charge < -0.3 is 24.5 Å². The Morgan fingerprint density at radius 3 is 2.36 bits per heavy atom. The van der Waals surface area contributed by atoms with Gasteiger partial charge in [0, 0.05) is 71.5 Å². The molecule has 0 atom stereocenters. The number of unbranched alkanes of at least 4 members (excludes halogenated alkanes) is 1. The number of carbonyl (C=O) groups is 1. The van der Waals surface area contributed by atoms with Crippen molar-refractivity contribution in [1.82, 2.24) is 30.1 Å². The van der Waals surface area contributed by atoms with E-state index in [9.17, 15) is 4.79 Å². The second-order valence-corrected chi connectivity index (χ2v) is 7.91. The van der Waals surface area contributed by atoms with Gasteiger partial charge in [0.05, 0.1) is 5.69 Å². The Kier molecular flexibility index (Phi) is 8.12. The summed E-state index contributed by atoms with van der Waals surface area (Å²) in [4.78, 5) is 21.6. The highest BCUT2D eigenvalue weighted by molar-refractivity contribution is 5.74. The van der Waals surface area contributed by atoms with Gasteiger partial charge in [0.15, 0.2) is 0 Å². The van der Waals surface area contributed by atoms with Crippen molar-refractivity contribution in [2.24, 2.45) is 0 Å². The van der Waals surface area contributed by atoms with E-state index in [2.05, 4.69) is 32.1 Å². The molecule has 8 nitrogen and oxygen atoms in total. The number of aromatic nitrogens is 1. The van der Waals surface area contributed by atoms with Gasteiger partial charge in [-0.25, -0.2) is 4.79 Å². The minimum atomic E-state index is 0.0773. The van der Waals surface area contributed by atoms with Crippen LogP contribution in [-0.2, 0) is 6.54 Å². The Morgan fingerprint density at radius 2 is 1.71 bits per heavy atom. The summed E-state index contributed by atoms with van der Waals surface area (Å²) in [5.74, 6) is 0.844. The normalized spacial score (nSPS) is 19.9. The van der Waals surface area contributed by atoms with E-state index in [-0.39, 0.29) is 6.03 Å². The molecule has 0 aromatic carbocycles. The van der Waals surface area contributed by atoms with E-state index in [0.29, 0.717) is 0 Å². The lowest BCUT2D eigenvalue weighted by atomic mass is 10.2. The van der Waals surface area contributed by atoms with Crippen LogP contribution in [0.5, 0.6) is 0 Å². The zero-order valence-electron chi connectivity index (χ0n) is 17.5. The summed E-state index contributed by atoms with van der Waals surface area (Å²) in [5, 5.41) is 7.14. The molecular weight excluding hydrogens is 356 g/mol. The maximum Gasteiger partial charge on any atom is 0.317 e. The molecule has 0 spiro atoms. The molecule has 1 aromatic heterocycles. The molecule has 0 aliphatic carbocycles. The molecule has 3 heterocycles. The fourth-order valence-electron chi connectivity index (χ4n) is 3.93. The highest BCUT2D eigenvalue weighted by Crippen LogP contribution is 2.09. The van der Waals surface area contributed by atoms with Crippen molar-refractivity contribution in [3.05, 3.63) is 17.5 Å². The van der Waals surface area contributed by atoms with Gasteiger partial charge in [0.1, 0.15) is 5.76 Å². The topological polar surface area (TPSA) is 68.1 Å². The first-order chi connectivity index (χ1) is 13.6. The van der Waals surface area contributed by atoms with Crippen LogP contribution in [0.15, 0.2) is 10.6 Å². The average molecular weight is 393 g/mol. The standard InChI is InChI=1S/C20H36N6O2/c1-3-23-8-10-24(11-9-23)7-5-4-6-21-20(27)26-14-12-25(13-15-26)17-19-16-18(2)28-22-19/h16H,3-15,17H2,1-2H3,(H,21,27). The lowest BCUT2D eigenvalue weighted by molar-refractivity contribution is 0.131. The van der Waals surface area contributed by atoms with Gasteiger partial charge in [-0.1, -0.05) is 12.1 Å². The van der Waals surface area contributed by atoms with E-state index < -0.39 is 0 Å². The van der Waals surface area contributed by atoms with Gasteiger partial charge in [-0.05, 0) is 32.9 Å². The third-order valence-electron chi connectivity index (χ3n) is 5.81. The van der Waals surface area contributed by atoms with Crippen molar-refractivity contribution in [3.8, 4) is 0 Å². The molecule has 0 radical (unpaired) electrons. The zero-order chi connectivity index (χ0) is 19.8. The number of carbonyl (C=O) groups excluding carboxylic acids is 1. The summed E-state index contributed by atoms with van der Waals surface area (Å²) < 4.78 is 5.12. The van der Waals surface area contributed by atoms with Crippen molar-refractivity contribution in [2.45, 2.75) is 33.2 Å². The smallest absolute Gasteiger partial charge is 0.317 e. The maximum atomic E-state index is 12.4. The van der Waals surface area contributed by atoms with Crippen LogP contribution in [0.4, 0.5) is 4.79 Å². The van der Waals surface area contributed by atoms with Gasteiger partial charge in [-0.2, -0.15) is 0 Å². The molecule has 0 bridgehead atoms. The number of likely N-dealkylation sites (N-methyl/N-ethyl adjacent to an activating group) is 1.